The highest BCUT2D eigenvalue weighted by Crippen LogP contribution is 2.26. The lowest BCUT2D eigenvalue weighted by Crippen LogP contribution is -2.61. The van der Waals surface area contributed by atoms with Crippen molar-refractivity contribution in [3.05, 3.63) is 29.3 Å². The molecule has 1 aromatic carbocycles. The molecule has 0 spiro atoms. The molecular weight excluding hydrogens is 268 g/mol. The van der Waals surface area contributed by atoms with Gasteiger partial charge in [-0.25, -0.2) is 0 Å². The third-order valence-electron chi connectivity index (χ3n) is 4.25. The van der Waals surface area contributed by atoms with Crippen molar-refractivity contribution >= 4 is 11.8 Å². The Labute approximate surface area is 124 Å². The van der Waals surface area contributed by atoms with E-state index in [1.807, 2.05) is 12.1 Å². The van der Waals surface area contributed by atoms with Crippen molar-refractivity contribution in [2.24, 2.45) is 0 Å². The topological polar surface area (TPSA) is 58.6 Å². The number of hydrogen-bond acceptors (Lipinski definition) is 3. The summed E-state index contributed by atoms with van der Waals surface area (Å²) in [6, 6.07) is 5.35. The van der Waals surface area contributed by atoms with Crippen LogP contribution in [0, 0.1) is 0 Å². The summed E-state index contributed by atoms with van der Waals surface area (Å²) in [7, 11) is 0. The summed E-state index contributed by atoms with van der Waals surface area (Å²) in [6.45, 7) is 4.82. The molecule has 0 radical (unpaired) electrons. The highest BCUT2D eigenvalue weighted by atomic mass is 16.5. The Morgan fingerprint density at radius 1 is 1.33 bits per heavy atom. The van der Waals surface area contributed by atoms with Gasteiger partial charge in [-0.05, 0) is 37.5 Å². The Morgan fingerprint density at radius 3 is 2.95 bits per heavy atom. The van der Waals surface area contributed by atoms with E-state index in [1.165, 1.54) is 11.1 Å². The SMILES string of the molecule is CC1NC(=O)C(C)N(CCc2ccc3c(c2)CCO3)C1=O. The smallest absolute Gasteiger partial charge is 0.245 e. The molecule has 1 N–H and O–H groups in total. The van der Waals surface area contributed by atoms with E-state index >= 15 is 0 Å². The van der Waals surface area contributed by atoms with Gasteiger partial charge in [-0.15, -0.1) is 0 Å². The Kier molecular flexibility index (Phi) is 3.57. The standard InChI is InChI=1S/C16H20N2O3/c1-10-16(20)18(11(2)15(19)17-10)7-5-12-3-4-14-13(9-12)6-8-21-14/h3-4,9-11H,5-8H2,1-2H3,(H,17,19). The number of hydrogen-bond donors (Lipinski definition) is 1. The minimum atomic E-state index is -0.429. The quantitative estimate of drug-likeness (QED) is 0.899. The molecule has 0 bridgehead atoms. The molecule has 0 aromatic heterocycles. The third-order valence-corrected chi connectivity index (χ3v) is 4.25. The number of nitrogens with zero attached hydrogens (tertiary/aromatic N) is 1. The van der Waals surface area contributed by atoms with E-state index in [0.717, 1.165) is 25.2 Å². The Balaban J connectivity index is 1.68. The van der Waals surface area contributed by atoms with Crippen LogP contribution in [0.1, 0.15) is 25.0 Å². The molecule has 2 aliphatic rings. The van der Waals surface area contributed by atoms with E-state index in [0.29, 0.717) is 6.54 Å². The van der Waals surface area contributed by atoms with E-state index in [4.69, 9.17) is 4.74 Å². The van der Waals surface area contributed by atoms with Gasteiger partial charge in [0.05, 0.1) is 6.61 Å². The maximum atomic E-state index is 12.2. The normalized spacial score (nSPS) is 24.6. The highest BCUT2D eigenvalue weighted by molar-refractivity contribution is 5.96. The average molecular weight is 288 g/mol. The van der Waals surface area contributed by atoms with Gasteiger partial charge in [0.25, 0.3) is 0 Å². The van der Waals surface area contributed by atoms with Gasteiger partial charge < -0.3 is 15.0 Å². The summed E-state index contributed by atoms with van der Waals surface area (Å²) in [6.07, 6.45) is 1.70. The number of nitrogens with one attached hydrogen (secondary N) is 1. The maximum Gasteiger partial charge on any atom is 0.245 e. The van der Waals surface area contributed by atoms with Gasteiger partial charge in [-0.3, -0.25) is 9.59 Å². The zero-order valence-corrected chi connectivity index (χ0v) is 12.4. The molecule has 1 aromatic rings. The molecule has 2 unspecified atom stereocenters. The molecule has 2 amide bonds. The molecule has 5 nitrogen and oxygen atoms in total. The predicted octanol–water partition coefficient (Wildman–Crippen LogP) is 0.899. The minimum Gasteiger partial charge on any atom is -0.493 e. The predicted molar refractivity (Wildman–Crippen MR) is 78.1 cm³/mol. The molecule has 1 saturated heterocycles. The lowest BCUT2D eigenvalue weighted by atomic mass is 10.0. The van der Waals surface area contributed by atoms with Crippen molar-refractivity contribution in [1.29, 1.82) is 0 Å². The molecule has 2 aliphatic heterocycles. The molecule has 2 atom stereocenters. The summed E-state index contributed by atoms with van der Waals surface area (Å²) in [5, 5.41) is 2.69. The van der Waals surface area contributed by atoms with Crippen LogP contribution in [-0.2, 0) is 22.4 Å². The number of carbonyl (C=O) groups excluding carboxylic acids is 2. The number of benzene rings is 1. The minimum absolute atomic E-state index is 0.00778. The molecule has 0 saturated carbocycles. The van der Waals surface area contributed by atoms with Crippen LogP contribution in [0.2, 0.25) is 0 Å². The molecule has 0 aliphatic carbocycles. The summed E-state index contributed by atoms with van der Waals surface area (Å²) in [4.78, 5) is 25.7. The van der Waals surface area contributed by atoms with Gasteiger partial charge in [-0.1, -0.05) is 12.1 Å². The molecule has 2 heterocycles. The summed E-state index contributed by atoms with van der Waals surface area (Å²) in [5.74, 6) is 0.880. The average Bonchev–Trinajstić information content (AvgIpc) is 2.92. The number of carbonyl (C=O) groups is 2. The molecule has 21 heavy (non-hydrogen) atoms. The van der Waals surface area contributed by atoms with Crippen LogP contribution in [0.4, 0.5) is 0 Å². The largest absolute Gasteiger partial charge is 0.493 e. The van der Waals surface area contributed by atoms with Crippen molar-refractivity contribution < 1.29 is 14.3 Å². The van der Waals surface area contributed by atoms with Crippen molar-refractivity contribution in [3.63, 3.8) is 0 Å². The second-order valence-electron chi connectivity index (χ2n) is 5.73. The molecule has 5 heteroatoms. The van der Waals surface area contributed by atoms with Gasteiger partial charge in [0.1, 0.15) is 17.8 Å². The van der Waals surface area contributed by atoms with Crippen LogP contribution >= 0.6 is 0 Å². The Morgan fingerprint density at radius 2 is 2.14 bits per heavy atom. The first kappa shape index (κ1) is 13.9. The second kappa shape index (κ2) is 5.39. The van der Waals surface area contributed by atoms with E-state index in [9.17, 15) is 9.59 Å². The van der Waals surface area contributed by atoms with Crippen LogP contribution in [0.5, 0.6) is 5.75 Å². The van der Waals surface area contributed by atoms with Crippen LogP contribution in [-0.4, -0.2) is 41.9 Å². The number of rotatable bonds is 3. The van der Waals surface area contributed by atoms with Gasteiger partial charge in [0.2, 0.25) is 11.8 Å². The van der Waals surface area contributed by atoms with Gasteiger partial charge in [-0.2, -0.15) is 0 Å². The lowest BCUT2D eigenvalue weighted by Gasteiger charge is -2.36. The van der Waals surface area contributed by atoms with Crippen molar-refractivity contribution in [1.82, 2.24) is 10.2 Å². The fourth-order valence-corrected chi connectivity index (χ4v) is 2.93. The van der Waals surface area contributed by atoms with E-state index < -0.39 is 12.1 Å². The Bertz CT molecular complexity index is 585. The van der Waals surface area contributed by atoms with Gasteiger partial charge >= 0.3 is 0 Å². The summed E-state index contributed by atoms with van der Waals surface area (Å²) < 4.78 is 5.49. The van der Waals surface area contributed by atoms with Crippen molar-refractivity contribution in [2.45, 2.75) is 38.8 Å². The molecule has 1 fully saturated rings. The number of amides is 2. The number of fused-ring (bicyclic) bond motifs is 1. The van der Waals surface area contributed by atoms with E-state index in [2.05, 4.69) is 11.4 Å². The fraction of sp³-hybridized carbons (Fsp3) is 0.500. The van der Waals surface area contributed by atoms with Crippen LogP contribution in [0.25, 0.3) is 0 Å². The third kappa shape index (κ3) is 2.60. The first-order valence-electron chi connectivity index (χ1n) is 7.41. The monoisotopic (exact) mass is 288 g/mol. The summed E-state index contributed by atoms with van der Waals surface area (Å²) >= 11 is 0. The van der Waals surface area contributed by atoms with Gasteiger partial charge in [0.15, 0.2) is 0 Å². The van der Waals surface area contributed by atoms with Gasteiger partial charge in [0, 0.05) is 13.0 Å². The van der Waals surface area contributed by atoms with Crippen molar-refractivity contribution in [2.75, 3.05) is 13.2 Å². The zero-order chi connectivity index (χ0) is 15.0. The van der Waals surface area contributed by atoms with E-state index in [-0.39, 0.29) is 11.8 Å². The van der Waals surface area contributed by atoms with Crippen molar-refractivity contribution in [3.8, 4) is 5.75 Å². The highest BCUT2D eigenvalue weighted by Gasteiger charge is 2.35. The number of ether oxygens (including phenoxy) is 1. The first-order chi connectivity index (χ1) is 10.1. The second-order valence-corrected chi connectivity index (χ2v) is 5.73. The van der Waals surface area contributed by atoms with Crippen LogP contribution < -0.4 is 10.1 Å². The molecule has 3 rings (SSSR count). The lowest BCUT2D eigenvalue weighted by molar-refractivity contribution is -0.148. The number of piperazine rings is 1. The first-order valence-corrected chi connectivity index (χ1v) is 7.41. The van der Waals surface area contributed by atoms with E-state index in [1.54, 1.807) is 18.7 Å². The van der Waals surface area contributed by atoms with Crippen LogP contribution in [0.3, 0.4) is 0 Å². The van der Waals surface area contributed by atoms with Crippen LogP contribution in [0.15, 0.2) is 18.2 Å². The molecular formula is C16H20N2O3. The maximum absolute atomic E-state index is 12.2. The summed E-state index contributed by atoms with van der Waals surface area (Å²) in [5.41, 5.74) is 2.41. The Hall–Kier alpha value is -2.04. The fourth-order valence-electron chi connectivity index (χ4n) is 2.93. The zero-order valence-electron chi connectivity index (χ0n) is 12.4. The molecule has 112 valence electrons.